The third-order valence-electron chi connectivity index (χ3n) is 13.9. The van der Waals surface area contributed by atoms with Gasteiger partial charge in [0.1, 0.15) is 0 Å². The number of nitrogens with zero attached hydrogens (tertiary/aromatic N) is 7. The van der Waals surface area contributed by atoms with Gasteiger partial charge in [-0.25, -0.2) is 0 Å². The van der Waals surface area contributed by atoms with Crippen LogP contribution in [0.5, 0.6) is 0 Å². The zero-order valence-corrected chi connectivity index (χ0v) is 65.3. The monoisotopic (exact) mass is 1310 g/mol. The molecule has 0 saturated carbocycles. The molecule has 0 saturated heterocycles. The van der Waals surface area contributed by atoms with Gasteiger partial charge in [-0.05, 0) is 239 Å². The third kappa shape index (κ3) is 30.2. The molecule has 0 aliphatic rings. The van der Waals surface area contributed by atoms with Crippen molar-refractivity contribution < 1.29 is 0 Å². The first kappa shape index (κ1) is 86.4. The van der Waals surface area contributed by atoms with E-state index < -0.39 is 0 Å². The molecule has 7 nitrogen and oxygen atoms in total. The van der Waals surface area contributed by atoms with Gasteiger partial charge in [0.2, 0.25) is 0 Å². The van der Waals surface area contributed by atoms with Crippen LogP contribution in [0.25, 0.3) is 76.1 Å². The lowest BCUT2D eigenvalue weighted by molar-refractivity contribution is 1.22. The number of aromatic nitrogens is 7. The van der Waals surface area contributed by atoms with Crippen molar-refractivity contribution in [2.45, 2.75) is 194 Å². The van der Waals surface area contributed by atoms with Gasteiger partial charge in [-0.3, -0.25) is 34.9 Å². The Morgan fingerprint density at radius 3 is 0.735 bits per heavy atom. The van der Waals surface area contributed by atoms with Gasteiger partial charge in [0, 0.05) is 91.5 Å². The molecule has 0 aliphatic heterocycles. The summed E-state index contributed by atoms with van der Waals surface area (Å²) in [7, 11) is 0. The van der Waals surface area contributed by atoms with E-state index in [0.717, 1.165) is 50.4 Å². The van der Waals surface area contributed by atoms with Gasteiger partial charge in [-0.2, -0.15) is 0 Å². The molecule has 7 heteroatoms. The van der Waals surface area contributed by atoms with E-state index in [9.17, 15) is 0 Å². The molecule has 0 atom stereocenters. The largest absolute Gasteiger partial charge is 0.261 e. The molecule has 0 amide bonds. The molecule has 0 fully saturated rings. The number of fused-ring (bicyclic) bond motifs is 7. The van der Waals surface area contributed by atoms with Crippen LogP contribution in [0.2, 0.25) is 0 Å². The second-order valence-electron chi connectivity index (χ2n) is 22.3. The van der Waals surface area contributed by atoms with Crippen molar-refractivity contribution in [2.75, 3.05) is 0 Å². The quantitative estimate of drug-likeness (QED) is 0.149. The molecule has 7 heterocycles. The molecule has 0 radical (unpaired) electrons. The molecular formula is C91H119N7. The number of hydrogen-bond donors (Lipinski definition) is 0. The van der Waals surface area contributed by atoms with E-state index in [0.29, 0.717) is 0 Å². The van der Waals surface area contributed by atoms with Crippen LogP contribution in [0.3, 0.4) is 0 Å². The molecule has 0 aliphatic carbocycles. The van der Waals surface area contributed by atoms with Crippen LogP contribution >= 0.6 is 0 Å². The Hall–Kier alpha value is -9.59. The van der Waals surface area contributed by atoms with Gasteiger partial charge in [0.25, 0.3) is 0 Å². The second-order valence-corrected chi connectivity index (χ2v) is 22.3. The second kappa shape index (κ2) is 48.2. The minimum atomic E-state index is 1.08. The van der Waals surface area contributed by atoms with Crippen LogP contribution in [0.4, 0.5) is 0 Å². The Morgan fingerprint density at radius 1 is 0.153 bits per heavy atom. The minimum Gasteiger partial charge on any atom is -0.261 e. The average Bonchev–Trinajstić information content (AvgIpc) is 1.26. The van der Waals surface area contributed by atoms with Gasteiger partial charge in [-0.15, -0.1) is 0 Å². The van der Waals surface area contributed by atoms with Gasteiger partial charge in [0.15, 0.2) is 0 Å². The molecule has 0 bridgehead atoms. The molecule has 14 rings (SSSR count). The van der Waals surface area contributed by atoms with E-state index in [1.807, 2.05) is 168 Å². The molecule has 7 aromatic carbocycles. The predicted octanol–water partition coefficient (Wildman–Crippen LogP) is 27.1. The first-order valence-electron chi connectivity index (χ1n) is 35.6. The van der Waals surface area contributed by atoms with Crippen LogP contribution < -0.4 is 0 Å². The van der Waals surface area contributed by atoms with Crippen LogP contribution in [0, 0.1) is 96.9 Å². The first-order chi connectivity index (χ1) is 47.3. The fourth-order valence-corrected chi connectivity index (χ4v) is 9.48. The molecule has 0 N–H and O–H groups in total. The maximum atomic E-state index is 4.42. The molecule has 14 aromatic rings. The molecular weight excluding hydrogens is 1190 g/mol. The number of pyridine rings is 7. The first-order valence-corrected chi connectivity index (χ1v) is 35.6. The van der Waals surface area contributed by atoms with Gasteiger partial charge >= 0.3 is 0 Å². The normalized spacial score (nSPS) is 9.43. The third-order valence-corrected chi connectivity index (χ3v) is 13.9. The highest BCUT2D eigenvalue weighted by Gasteiger charge is 2.00. The summed E-state index contributed by atoms with van der Waals surface area (Å²) in [4.78, 5) is 30.3. The summed E-state index contributed by atoms with van der Waals surface area (Å²) < 4.78 is 0. The Labute approximate surface area is 592 Å². The Kier molecular flexibility index (Phi) is 42.5. The van der Waals surface area contributed by atoms with Crippen LogP contribution in [-0.2, 0) is 0 Å². The number of benzene rings is 7. The summed E-state index contributed by atoms with van der Waals surface area (Å²) in [6.45, 7) is 56.9. The van der Waals surface area contributed by atoms with E-state index in [-0.39, 0.29) is 0 Å². The molecule has 0 unspecified atom stereocenters. The summed E-state index contributed by atoms with van der Waals surface area (Å²) in [6.07, 6.45) is 9.57. The van der Waals surface area contributed by atoms with Gasteiger partial charge in [0.05, 0.1) is 27.6 Å². The van der Waals surface area contributed by atoms with Crippen LogP contribution in [0.1, 0.15) is 175 Å². The van der Waals surface area contributed by atoms with Crippen molar-refractivity contribution in [2.24, 2.45) is 0 Å². The fraction of sp³-hybridized carbons (Fsp3) is 0.308. The number of hydrogen-bond acceptors (Lipinski definition) is 7. The summed E-state index contributed by atoms with van der Waals surface area (Å²) in [6, 6.07) is 63.4. The van der Waals surface area contributed by atoms with E-state index in [2.05, 4.69) is 274 Å². The predicted molar refractivity (Wildman–Crippen MR) is 438 cm³/mol. The lowest BCUT2D eigenvalue weighted by Gasteiger charge is -1.99. The number of aryl methyl sites for hydroxylation is 14. The smallest absolute Gasteiger partial charge is 0.0705 e. The summed E-state index contributed by atoms with van der Waals surface area (Å²) >= 11 is 0. The number of rotatable bonds is 0. The topological polar surface area (TPSA) is 90.2 Å². The van der Waals surface area contributed by atoms with E-state index in [1.165, 1.54) is 104 Å². The fourth-order valence-electron chi connectivity index (χ4n) is 9.48. The van der Waals surface area contributed by atoms with Crippen molar-refractivity contribution in [1.29, 1.82) is 0 Å². The van der Waals surface area contributed by atoms with Crippen molar-refractivity contribution in [1.82, 2.24) is 34.9 Å². The summed E-state index contributed by atoms with van der Waals surface area (Å²) in [5, 5.41) is 11.1. The zero-order valence-electron chi connectivity index (χ0n) is 65.3. The Bertz CT molecular complexity index is 3640. The highest BCUT2D eigenvalue weighted by Crippen LogP contribution is 2.20. The standard InChI is InChI=1S/7C11H11N.7C2H6/c2*1-8-3-6-11-10(7-8)5-4-9(2)12-11;2*1-8-3-4-10-5-9(2)7-12-11(10)6-8;2*1-8-3-4-10-6-9(2)12-7-11(10)5-8;1-8-3-4-11-10(5-8)6-9(2)7-12-11;7*1-2/h7*3-7H,1-2H3;7*1-2H3. The molecule has 518 valence electrons. The summed E-state index contributed by atoms with van der Waals surface area (Å²) in [5.41, 5.74) is 22.3. The van der Waals surface area contributed by atoms with E-state index in [4.69, 9.17) is 0 Å². The SMILES string of the molecule is CC.CC.CC.CC.CC.CC.CC.Cc1ccc2cc(C)ncc2c1.Cc1ccc2cc(C)ncc2c1.Cc1ccc2nc(C)ccc2c1.Cc1ccc2nc(C)ccc2c1.Cc1ccc2ncc(C)cc2c1.Cc1cnc2cc(C)ccc2c1.Cc1cnc2cc(C)ccc2c1. The summed E-state index contributed by atoms with van der Waals surface area (Å²) in [5.74, 6) is 0. The maximum absolute atomic E-state index is 4.42. The van der Waals surface area contributed by atoms with Crippen molar-refractivity contribution in [3.05, 3.63) is 291 Å². The zero-order chi connectivity index (χ0) is 73.9. The maximum Gasteiger partial charge on any atom is 0.0705 e. The lowest BCUT2D eigenvalue weighted by Crippen LogP contribution is -1.82. The Morgan fingerprint density at radius 2 is 0.388 bits per heavy atom. The average molecular weight is 1310 g/mol. The van der Waals surface area contributed by atoms with Gasteiger partial charge < -0.3 is 0 Å². The van der Waals surface area contributed by atoms with Crippen molar-refractivity contribution in [3.63, 3.8) is 0 Å². The van der Waals surface area contributed by atoms with Crippen molar-refractivity contribution in [3.8, 4) is 0 Å². The highest BCUT2D eigenvalue weighted by atomic mass is 14.7. The molecule has 0 spiro atoms. The van der Waals surface area contributed by atoms with Crippen molar-refractivity contribution >= 4 is 76.1 Å². The van der Waals surface area contributed by atoms with Crippen LogP contribution in [0.15, 0.2) is 213 Å². The van der Waals surface area contributed by atoms with Gasteiger partial charge in [-0.1, -0.05) is 204 Å². The molecule has 98 heavy (non-hydrogen) atoms. The minimum absolute atomic E-state index is 1.08. The van der Waals surface area contributed by atoms with E-state index in [1.54, 1.807) is 0 Å². The lowest BCUT2D eigenvalue weighted by atomic mass is 10.1. The molecule has 7 aromatic heterocycles. The Balaban J connectivity index is 0.000000554. The van der Waals surface area contributed by atoms with Crippen LogP contribution in [-0.4, -0.2) is 34.9 Å². The highest BCUT2D eigenvalue weighted by molar-refractivity contribution is 5.85. The van der Waals surface area contributed by atoms with E-state index >= 15 is 0 Å².